The van der Waals surface area contributed by atoms with E-state index >= 15 is 0 Å². The Bertz CT molecular complexity index is 494. The van der Waals surface area contributed by atoms with Gasteiger partial charge in [-0.05, 0) is 12.1 Å². The topological polar surface area (TPSA) is 53.6 Å². The Morgan fingerprint density at radius 1 is 1.18 bits per heavy atom. The fraction of sp³-hybridized carbons (Fsp3) is 0.533. The van der Waals surface area contributed by atoms with E-state index in [0.717, 1.165) is 51.5 Å². The van der Waals surface area contributed by atoms with Crippen molar-refractivity contribution in [1.82, 2.24) is 10.2 Å². The minimum absolute atomic E-state index is 0.232. The van der Waals surface area contributed by atoms with E-state index in [1.54, 1.807) is 0 Å². The molecule has 1 aliphatic rings. The summed E-state index contributed by atoms with van der Waals surface area (Å²) in [6, 6.07) is 3.30. The number of nitrogens with zero attached hydrogens (tertiary/aromatic N) is 1. The van der Waals surface area contributed by atoms with E-state index in [9.17, 15) is 13.6 Å². The highest BCUT2D eigenvalue weighted by atomic mass is 19.2. The molecule has 1 aromatic carbocycles. The minimum atomic E-state index is -0.971. The van der Waals surface area contributed by atoms with Gasteiger partial charge in [0.25, 0.3) is 0 Å². The first-order valence-electron chi connectivity index (χ1n) is 7.41. The minimum Gasteiger partial charge on any atom is -0.379 e. The SMILES string of the molecule is O=C(CCNCCN1CCOCC1)Nc1ccc(F)c(F)c1. The van der Waals surface area contributed by atoms with Crippen LogP contribution in [0.25, 0.3) is 0 Å². The van der Waals surface area contributed by atoms with Gasteiger partial charge in [0.2, 0.25) is 5.91 Å². The number of morpholine rings is 1. The highest BCUT2D eigenvalue weighted by Crippen LogP contribution is 2.13. The maximum Gasteiger partial charge on any atom is 0.225 e. The molecule has 1 amide bonds. The van der Waals surface area contributed by atoms with Gasteiger partial charge < -0.3 is 15.4 Å². The van der Waals surface area contributed by atoms with Crippen LogP contribution in [0.4, 0.5) is 14.5 Å². The van der Waals surface area contributed by atoms with Crippen molar-refractivity contribution in [2.75, 3.05) is 51.3 Å². The third-order valence-corrected chi connectivity index (χ3v) is 3.44. The van der Waals surface area contributed by atoms with Crippen LogP contribution in [-0.4, -0.2) is 56.7 Å². The zero-order chi connectivity index (χ0) is 15.8. The second-order valence-corrected chi connectivity index (χ2v) is 5.13. The molecule has 122 valence electrons. The second kappa shape index (κ2) is 8.77. The molecule has 7 heteroatoms. The van der Waals surface area contributed by atoms with Crippen molar-refractivity contribution in [2.24, 2.45) is 0 Å². The number of anilines is 1. The van der Waals surface area contributed by atoms with Crippen molar-refractivity contribution in [2.45, 2.75) is 6.42 Å². The summed E-state index contributed by atoms with van der Waals surface area (Å²) in [6.45, 7) is 5.70. The average molecular weight is 313 g/mol. The molecular formula is C15H21F2N3O2. The lowest BCUT2D eigenvalue weighted by molar-refractivity contribution is -0.116. The molecule has 0 atom stereocenters. The summed E-state index contributed by atoms with van der Waals surface area (Å²) in [5.74, 6) is -2.13. The highest BCUT2D eigenvalue weighted by Gasteiger charge is 2.09. The molecule has 1 aliphatic heterocycles. The zero-order valence-electron chi connectivity index (χ0n) is 12.4. The molecule has 5 nitrogen and oxygen atoms in total. The number of amides is 1. The standard InChI is InChI=1S/C15H21F2N3O2/c16-13-2-1-12(11-14(13)17)19-15(21)3-4-18-5-6-20-7-9-22-10-8-20/h1-2,11,18H,3-10H2,(H,19,21). The number of ether oxygens (including phenoxy) is 1. The van der Waals surface area contributed by atoms with E-state index in [4.69, 9.17) is 4.74 Å². The quantitative estimate of drug-likeness (QED) is 0.743. The molecule has 1 heterocycles. The van der Waals surface area contributed by atoms with Gasteiger partial charge in [-0.2, -0.15) is 0 Å². The monoisotopic (exact) mass is 313 g/mol. The summed E-state index contributed by atoms with van der Waals surface area (Å²) in [6.07, 6.45) is 0.280. The molecule has 2 N–H and O–H groups in total. The summed E-state index contributed by atoms with van der Waals surface area (Å²) in [5.41, 5.74) is 0.261. The number of halogens is 2. The summed E-state index contributed by atoms with van der Waals surface area (Å²) in [4.78, 5) is 14.0. The lowest BCUT2D eigenvalue weighted by Crippen LogP contribution is -2.40. The lowest BCUT2D eigenvalue weighted by Gasteiger charge is -2.26. The van der Waals surface area contributed by atoms with Gasteiger partial charge in [0, 0.05) is 50.9 Å². The first-order chi connectivity index (χ1) is 10.6. The Kier molecular flexibility index (Phi) is 6.70. The van der Waals surface area contributed by atoms with Crippen molar-refractivity contribution < 1.29 is 18.3 Å². The van der Waals surface area contributed by atoms with Crippen LogP contribution in [0.3, 0.4) is 0 Å². The van der Waals surface area contributed by atoms with Crippen LogP contribution in [0, 0.1) is 11.6 Å². The number of carbonyl (C=O) groups excluding carboxylic acids is 1. The van der Waals surface area contributed by atoms with Crippen LogP contribution < -0.4 is 10.6 Å². The van der Waals surface area contributed by atoms with Crippen LogP contribution >= 0.6 is 0 Å². The van der Waals surface area contributed by atoms with Crippen LogP contribution in [0.15, 0.2) is 18.2 Å². The normalized spacial score (nSPS) is 15.7. The maximum absolute atomic E-state index is 13.0. The summed E-state index contributed by atoms with van der Waals surface area (Å²) in [5, 5.41) is 5.73. The number of hydrogen-bond acceptors (Lipinski definition) is 4. The van der Waals surface area contributed by atoms with Gasteiger partial charge in [0.15, 0.2) is 11.6 Å². The number of nitrogens with one attached hydrogen (secondary N) is 2. The van der Waals surface area contributed by atoms with Gasteiger partial charge in [-0.1, -0.05) is 0 Å². The van der Waals surface area contributed by atoms with Crippen molar-refractivity contribution in [3.8, 4) is 0 Å². The molecular weight excluding hydrogens is 292 g/mol. The summed E-state index contributed by atoms with van der Waals surface area (Å²) >= 11 is 0. The number of hydrogen-bond donors (Lipinski definition) is 2. The van der Waals surface area contributed by atoms with Gasteiger partial charge in [0.1, 0.15) is 0 Å². The molecule has 1 saturated heterocycles. The molecule has 0 aliphatic carbocycles. The van der Waals surface area contributed by atoms with Crippen molar-refractivity contribution >= 4 is 11.6 Å². The fourth-order valence-corrected chi connectivity index (χ4v) is 2.19. The van der Waals surface area contributed by atoms with Crippen LogP contribution in [0.5, 0.6) is 0 Å². The Morgan fingerprint density at radius 2 is 1.95 bits per heavy atom. The second-order valence-electron chi connectivity index (χ2n) is 5.13. The van der Waals surface area contributed by atoms with Crippen LogP contribution in [0.2, 0.25) is 0 Å². The Labute approximate surface area is 128 Å². The first-order valence-corrected chi connectivity index (χ1v) is 7.41. The summed E-state index contributed by atoms with van der Waals surface area (Å²) < 4.78 is 31.0. The molecule has 1 fully saturated rings. The van der Waals surface area contributed by atoms with Crippen molar-refractivity contribution in [1.29, 1.82) is 0 Å². The molecule has 1 aromatic rings. The predicted octanol–water partition coefficient (Wildman–Crippen LogP) is 1.22. The Hall–Kier alpha value is -1.57. The first kappa shape index (κ1) is 16.8. The lowest BCUT2D eigenvalue weighted by atomic mass is 10.3. The molecule has 2 rings (SSSR count). The molecule has 0 bridgehead atoms. The summed E-state index contributed by atoms with van der Waals surface area (Å²) in [7, 11) is 0. The molecule has 0 aromatic heterocycles. The smallest absolute Gasteiger partial charge is 0.225 e. The molecule has 0 radical (unpaired) electrons. The Balaban J connectivity index is 1.58. The van der Waals surface area contributed by atoms with E-state index in [0.29, 0.717) is 6.54 Å². The van der Waals surface area contributed by atoms with Crippen LogP contribution in [-0.2, 0) is 9.53 Å². The average Bonchev–Trinajstić information content (AvgIpc) is 2.52. The molecule has 0 saturated carbocycles. The van der Waals surface area contributed by atoms with Crippen LogP contribution in [0.1, 0.15) is 6.42 Å². The van der Waals surface area contributed by atoms with E-state index in [1.807, 2.05) is 0 Å². The highest BCUT2D eigenvalue weighted by molar-refractivity contribution is 5.90. The van der Waals surface area contributed by atoms with E-state index < -0.39 is 11.6 Å². The van der Waals surface area contributed by atoms with Crippen molar-refractivity contribution in [3.05, 3.63) is 29.8 Å². The van der Waals surface area contributed by atoms with E-state index in [1.165, 1.54) is 6.07 Å². The third-order valence-electron chi connectivity index (χ3n) is 3.44. The number of carbonyl (C=O) groups is 1. The van der Waals surface area contributed by atoms with Gasteiger partial charge in [-0.15, -0.1) is 0 Å². The van der Waals surface area contributed by atoms with Gasteiger partial charge in [-0.25, -0.2) is 8.78 Å². The molecule has 0 spiro atoms. The number of rotatable bonds is 7. The molecule has 0 unspecified atom stereocenters. The van der Waals surface area contributed by atoms with E-state index in [2.05, 4.69) is 15.5 Å². The third kappa shape index (κ3) is 5.67. The fourth-order valence-electron chi connectivity index (χ4n) is 2.19. The maximum atomic E-state index is 13.0. The number of benzene rings is 1. The van der Waals surface area contributed by atoms with Crippen molar-refractivity contribution in [3.63, 3.8) is 0 Å². The van der Waals surface area contributed by atoms with Gasteiger partial charge in [-0.3, -0.25) is 9.69 Å². The van der Waals surface area contributed by atoms with Gasteiger partial charge in [0.05, 0.1) is 13.2 Å². The van der Waals surface area contributed by atoms with E-state index in [-0.39, 0.29) is 18.0 Å². The van der Waals surface area contributed by atoms with Gasteiger partial charge >= 0.3 is 0 Å². The zero-order valence-corrected chi connectivity index (χ0v) is 12.4. The molecule has 22 heavy (non-hydrogen) atoms. The predicted molar refractivity (Wildman–Crippen MR) is 79.7 cm³/mol. The Morgan fingerprint density at radius 3 is 2.68 bits per heavy atom. The largest absolute Gasteiger partial charge is 0.379 e.